The topological polar surface area (TPSA) is 99.2 Å². The number of pyridine rings is 1. The monoisotopic (exact) mass is 566 g/mol. The highest BCUT2D eigenvalue weighted by atomic mass is 79.9. The van der Waals surface area contributed by atoms with Crippen molar-refractivity contribution in [2.45, 2.75) is 33.0 Å². The zero-order valence-corrected chi connectivity index (χ0v) is 21.9. The highest BCUT2D eigenvalue weighted by Crippen LogP contribution is 2.24. The number of methoxy groups -OCH3 is 1. The SMILES string of the molecule is COc1cc(CN(CCCn2cnc3cncnc32)Cc2c(C)oc3cc(Br)c(F)cc3c2=O)ccn1. The van der Waals surface area contributed by atoms with Crippen molar-refractivity contribution in [2.24, 2.45) is 0 Å². The lowest BCUT2D eigenvalue weighted by Crippen LogP contribution is -2.28. The number of halogens is 2. The second kappa shape index (κ2) is 10.7. The molecule has 5 rings (SSSR count). The van der Waals surface area contributed by atoms with Crippen molar-refractivity contribution in [3.05, 3.63) is 86.7 Å². The van der Waals surface area contributed by atoms with Gasteiger partial charge in [-0.3, -0.25) is 9.69 Å². The summed E-state index contributed by atoms with van der Waals surface area (Å²) in [5.74, 6) is 0.516. The van der Waals surface area contributed by atoms with Crippen LogP contribution in [0.5, 0.6) is 5.88 Å². The Morgan fingerprint density at radius 3 is 2.89 bits per heavy atom. The molecule has 190 valence electrons. The lowest BCUT2D eigenvalue weighted by atomic mass is 10.1. The minimum Gasteiger partial charge on any atom is -0.481 e. The first-order valence-electron chi connectivity index (χ1n) is 11.7. The molecular formula is C26H24BrFN6O3. The van der Waals surface area contributed by atoms with Crippen LogP contribution in [0.3, 0.4) is 0 Å². The van der Waals surface area contributed by atoms with E-state index in [1.54, 1.807) is 32.8 Å². The van der Waals surface area contributed by atoms with Crippen molar-refractivity contribution in [1.29, 1.82) is 0 Å². The van der Waals surface area contributed by atoms with E-state index in [9.17, 15) is 9.18 Å². The summed E-state index contributed by atoms with van der Waals surface area (Å²) in [6, 6.07) is 6.50. The number of aryl methyl sites for hydroxylation is 2. The van der Waals surface area contributed by atoms with Crippen LogP contribution in [0.1, 0.15) is 23.3 Å². The molecule has 0 aliphatic heterocycles. The van der Waals surface area contributed by atoms with E-state index in [1.807, 2.05) is 16.7 Å². The van der Waals surface area contributed by atoms with E-state index in [4.69, 9.17) is 9.15 Å². The van der Waals surface area contributed by atoms with Crippen molar-refractivity contribution in [3.63, 3.8) is 0 Å². The van der Waals surface area contributed by atoms with Gasteiger partial charge in [-0.1, -0.05) is 0 Å². The van der Waals surface area contributed by atoms with Gasteiger partial charge in [-0.05, 0) is 53.0 Å². The minimum absolute atomic E-state index is 0.219. The number of hydrogen-bond acceptors (Lipinski definition) is 8. The molecule has 9 nitrogen and oxygen atoms in total. The van der Waals surface area contributed by atoms with Crippen molar-refractivity contribution in [1.82, 2.24) is 29.4 Å². The molecule has 5 aromatic rings. The molecule has 0 saturated heterocycles. The number of imidazole rings is 1. The number of aromatic nitrogens is 5. The Hall–Kier alpha value is -3.70. The largest absolute Gasteiger partial charge is 0.481 e. The van der Waals surface area contributed by atoms with E-state index in [0.29, 0.717) is 49.0 Å². The van der Waals surface area contributed by atoms with Crippen LogP contribution in [0, 0.1) is 12.7 Å². The number of nitrogens with zero attached hydrogens (tertiary/aromatic N) is 6. The summed E-state index contributed by atoms with van der Waals surface area (Å²) >= 11 is 3.16. The first-order valence-corrected chi connectivity index (χ1v) is 12.5. The Labute approximate surface area is 220 Å². The molecule has 0 N–H and O–H groups in total. The van der Waals surface area contributed by atoms with Crippen molar-refractivity contribution >= 4 is 38.1 Å². The molecule has 0 spiro atoms. The van der Waals surface area contributed by atoms with Gasteiger partial charge in [-0.15, -0.1) is 0 Å². The van der Waals surface area contributed by atoms with Crippen LogP contribution in [0.15, 0.2) is 63.0 Å². The molecule has 4 heterocycles. The first kappa shape index (κ1) is 25.0. The summed E-state index contributed by atoms with van der Waals surface area (Å²) in [6.07, 6.45) is 7.42. The van der Waals surface area contributed by atoms with Crippen LogP contribution < -0.4 is 10.2 Å². The van der Waals surface area contributed by atoms with E-state index < -0.39 is 5.82 Å². The average Bonchev–Trinajstić information content (AvgIpc) is 3.31. The number of rotatable bonds is 9. The summed E-state index contributed by atoms with van der Waals surface area (Å²) in [6.45, 7) is 4.00. The zero-order valence-electron chi connectivity index (χ0n) is 20.3. The molecule has 0 amide bonds. The van der Waals surface area contributed by atoms with Gasteiger partial charge in [0.15, 0.2) is 11.1 Å². The summed E-state index contributed by atoms with van der Waals surface area (Å²) in [7, 11) is 1.57. The van der Waals surface area contributed by atoms with Gasteiger partial charge in [-0.25, -0.2) is 24.3 Å². The Morgan fingerprint density at radius 2 is 2.05 bits per heavy atom. The molecule has 37 heavy (non-hydrogen) atoms. The lowest BCUT2D eigenvalue weighted by Gasteiger charge is -2.23. The second-order valence-electron chi connectivity index (χ2n) is 8.67. The molecule has 0 aliphatic carbocycles. The Balaban J connectivity index is 1.42. The molecule has 0 unspecified atom stereocenters. The van der Waals surface area contributed by atoms with Gasteiger partial charge >= 0.3 is 0 Å². The standard InChI is InChI=1S/C26H24BrFN6O3/c1-16-19(25(35)18-9-21(28)20(27)10-23(18)37-16)13-33(12-17-4-5-30-24(8-17)36-2)6-3-7-34-15-32-22-11-29-14-31-26(22)34/h4-5,8-11,14-15H,3,6-7,12-13H2,1-2H3. The highest BCUT2D eigenvalue weighted by Gasteiger charge is 2.18. The predicted molar refractivity (Wildman–Crippen MR) is 140 cm³/mol. The van der Waals surface area contributed by atoms with Crippen LogP contribution >= 0.6 is 15.9 Å². The number of ether oxygens (including phenoxy) is 1. The third kappa shape index (κ3) is 5.37. The van der Waals surface area contributed by atoms with E-state index in [1.165, 1.54) is 18.5 Å². The van der Waals surface area contributed by atoms with Gasteiger partial charge in [0.05, 0.1) is 35.1 Å². The van der Waals surface area contributed by atoms with Gasteiger partial charge in [-0.2, -0.15) is 0 Å². The Bertz CT molecular complexity index is 1640. The van der Waals surface area contributed by atoms with Crippen LogP contribution in [0.2, 0.25) is 0 Å². The van der Waals surface area contributed by atoms with Gasteiger partial charge in [0.1, 0.15) is 29.0 Å². The van der Waals surface area contributed by atoms with Crippen molar-refractivity contribution in [2.75, 3.05) is 13.7 Å². The smallest absolute Gasteiger partial charge is 0.213 e. The molecule has 0 atom stereocenters. The quantitative estimate of drug-likeness (QED) is 0.254. The third-order valence-corrected chi connectivity index (χ3v) is 6.79. The van der Waals surface area contributed by atoms with Gasteiger partial charge in [0.2, 0.25) is 5.88 Å². The molecular weight excluding hydrogens is 543 g/mol. The van der Waals surface area contributed by atoms with Crippen LogP contribution in [-0.2, 0) is 19.6 Å². The number of hydrogen-bond donors (Lipinski definition) is 0. The van der Waals surface area contributed by atoms with Gasteiger partial charge < -0.3 is 13.7 Å². The van der Waals surface area contributed by atoms with E-state index in [-0.39, 0.29) is 15.3 Å². The fraction of sp³-hybridized carbons (Fsp3) is 0.269. The molecule has 0 bridgehead atoms. The summed E-state index contributed by atoms with van der Waals surface area (Å²) in [5.41, 5.74) is 3.12. The normalized spacial score (nSPS) is 11.6. The molecule has 1 aromatic carbocycles. The number of fused-ring (bicyclic) bond motifs is 2. The van der Waals surface area contributed by atoms with Crippen LogP contribution in [0.25, 0.3) is 22.1 Å². The van der Waals surface area contributed by atoms with Gasteiger partial charge in [0, 0.05) is 38.4 Å². The highest BCUT2D eigenvalue weighted by molar-refractivity contribution is 9.10. The van der Waals surface area contributed by atoms with E-state index in [2.05, 4.69) is 40.8 Å². The predicted octanol–water partition coefficient (Wildman–Crippen LogP) is 4.64. The minimum atomic E-state index is -0.508. The molecule has 11 heteroatoms. The maximum atomic E-state index is 14.2. The fourth-order valence-electron chi connectivity index (χ4n) is 4.32. The molecule has 0 aliphatic rings. The second-order valence-corrected chi connectivity index (χ2v) is 9.52. The summed E-state index contributed by atoms with van der Waals surface area (Å²) in [4.78, 5) is 32.4. The molecule has 0 saturated carbocycles. The van der Waals surface area contributed by atoms with Crippen LogP contribution in [-0.4, -0.2) is 43.1 Å². The van der Waals surface area contributed by atoms with Crippen molar-refractivity contribution < 1.29 is 13.5 Å². The molecule has 0 fully saturated rings. The number of benzene rings is 1. The van der Waals surface area contributed by atoms with E-state index >= 15 is 0 Å². The maximum Gasteiger partial charge on any atom is 0.213 e. The summed E-state index contributed by atoms with van der Waals surface area (Å²) < 4.78 is 27.7. The fourth-order valence-corrected chi connectivity index (χ4v) is 4.64. The Kier molecular flexibility index (Phi) is 7.24. The Morgan fingerprint density at radius 1 is 1.19 bits per heavy atom. The first-order chi connectivity index (χ1) is 17.9. The maximum absolute atomic E-state index is 14.2. The molecule has 4 aromatic heterocycles. The summed E-state index contributed by atoms with van der Waals surface area (Å²) in [5, 5.41) is 0.219. The third-order valence-electron chi connectivity index (χ3n) is 6.18. The lowest BCUT2D eigenvalue weighted by molar-refractivity contribution is 0.245. The molecule has 0 radical (unpaired) electrons. The van der Waals surface area contributed by atoms with Crippen LogP contribution in [0.4, 0.5) is 4.39 Å². The van der Waals surface area contributed by atoms with Crippen molar-refractivity contribution in [3.8, 4) is 5.88 Å². The average molecular weight is 567 g/mol. The van der Waals surface area contributed by atoms with Gasteiger partial charge in [0.25, 0.3) is 0 Å². The zero-order chi connectivity index (χ0) is 25.9. The van der Waals surface area contributed by atoms with E-state index in [0.717, 1.165) is 23.1 Å².